The molecule has 0 aliphatic rings. The number of hydrogen-bond acceptors (Lipinski definition) is 6. The summed E-state index contributed by atoms with van der Waals surface area (Å²) in [6, 6.07) is 17.2. The number of anilines is 1. The molecule has 9 nitrogen and oxygen atoms in total. The Morgan fingerprint density at radius 1 is 0.889 bits per heavy atom. The van der Waals surface area contributed by atoms with Gasteiger partial charge in [0.1, 0.15) is 17.2 Å². The Morgan fingerprint density at radius 3 is 2.08 bits per heavy atom. The summed E-state index contributed by atoms with van der Waals surface area (Å²) < 4.78 is 13.1. The number of amides is 1. The predicted octanol–water partition coefficient (Wildman–Crippen LogP) is 6.11. The summed E-state index contributed by atoms with van der Waals surface area (Å²) in [5.41, 5.74) is 4.32. The average Bonchev–Trinajstić information content (AvgIpc) is 3.25. The Balaban J connectivity index is 1.47. The number of ether oxygens (including phenoxy) is 2. The number of hydrogen-bond donors (Lipinski definition) is 1. The fourth-order valence-electron chi connectivity index (χ4n) is 3.85. The highest BCUT2D eigenvalue weighted by Crippen LogP contribution is 2.31. The first-order valence-corrected chi connectivity index (χ1v) is 11.3. The fourth-order valence-corrected chi connectivity index (χ4v) is 3.85. The SMILES string of the molecule is Cc1cc(C)cc(OCn2ccc(C(=O)Nc3cc(Oc4cc(C)cc(C)c4)cc([N+](=O)[O-])c3)n2)c1. The topological polar surface area (TPSA) is 109 Å². The maximum Gasteiger partial charge on any atom is 0.276 e. The summed E-state index contributed by atoms with van der Waals surface area (Å²) >= 11 is 0. The molecule has 0 bridgehead atoms. The van der Waals surface area contributed by atoms with E-state index in [1.165, 1.54) is 22.9 Å². The van der Waals surface area contributed by atoms with Gasteiger partial charge in [0.15, 0.2) is 12.4 Å². The molecule has 184 valence electrons. The largest absolute Gasteiger partial charge is 0.471 e. The number of non-ortho nitro benzene ring substituents is 1. The molecule has 4 aromatic rings. The van der Waals surface area contributed by atoms with E-state index in [1.54, 1.807) is 12.3 Å². The summed E-state index contributed by atoms with van der Waals surface area (Å²) in [7, 11) is 0. The molecular formula is C27H26N4O5. The maximum atomic E-state index is 12.8. The molecule has 0 spiro atoms. The van der Waals surface area contributed by atoms with Gasteiger partial charge in [-0.25, -0.2) is 4.68 Å². The van der Waals surface area contributed by atoms with Gasteiger partial charge in [0.05, 0.1) is 16.7 Å². The third-order valence-electron chi connectivity index (χ3n) is 5.22. The van der Waals surface area contributed by atoms with Crippen molar-refractivity contribution < 1.29 is 19.2 Å². The summed E-state index contributed by atoms with van der Waals surface area (Å²) in [6.07, 6.45) is 1.62. The fraction of sp³-hybridized carbons (Fsp3) is 0.185. The van der Waals surface area contributed by atoms with Crippen LogP contribution in [0.15, 0.2) is 66.9 Å². The lowest BCUT2D eigenvalue weighted by molar-refractivity contribution is -0.384. The van der Waals surface area contributed by atoms with E-state index in [4.69, 9.17) is 9.47 Å². The molecule has 1 amide bonds. The monoisotopic (exact) mass is 486 g/mol. The molecule has 1 N–H and O–H groups in total. The molecule has 0 radical (unpaired) electrons. The normalized spacial score (nSPS) is 10.7. The Bertz CT molecular complexity index is 1400. The Morgan fingerprint density at radius 2 is 1.47 bits per heavy atom. The van der Waals surface area contributed by atoms with Gasteiger partial charge in [0.25, 0.3) is 11.6 Å². The molecular weight excluding hydrogens is 460 g/mol. The third kappa shape index (κ3) is 6.26. The van der Waals surface area contributed by atoms with Gasteiger partial charge in [-0.1, -0.05) is 12.1 Å². The van der Waals surface area contributed by atoms with Crippen LogP contribution in [0.5, 0.6) is 17.2 Å². The van der Waals surface area contributed by atoms with E-state index in [0.29, 0.717) is 11.5 Å². The molecule has 0 aliphatic carbocycles. The zero-order chi connectivity index (χ0) is 25.8. The van der Waals surface area contributed by atoms with Crippen molar-refractivity contribution in [2.45, 2.75) is 34.4 Å². The molecule has 0 saturated heterocycles. The molecule has 36 heavy (non-hydrogen) atoms. The number of nitro groups is 1. The second kappa shape index (κ2) is 10.3. The highest BCUT2D eigenvalue weighted by Gasteiger charge is 2.16. The summed E-state index contributed by atoms with van der Waals surface area (Å²) in [6.45, 7) is 7.97. The van der Waals surface area contributed by atoms with Crippen molar-refractivity contribution in [3.05, 3.63) is 105 Å². The van der Waals surface area contributed by atoms with Gasteiger partial charge in [-0.05, 0) is 80.3 Å². The summed E-state index contributed by atoms with van der Waals surface area (Å²) in [4.78, 5) is 23.7. The first-order chi connectivity index (χ1) is 17.1. The number of aromatic nitrogens is 2. The van der Waals surface area contributed by atoms with Gasteiger partial charge < -0.3 is 14.8 Å². The van der Waals surface area contributed by atoms with Crippen LogP contribution in [0.3, 0.4) is 0 Å². The zero-order valence-corrected chi connectivity index (χ0v) is 20.4. The lowest BCUT2D eigenvalue weighted by atomic mass is 10.1. The van der Waals surface area contributed by atoms with E-state index in [9.17, 15) is 14.9 Å². The van der Waals surface area contributed by atoms with Crippen molar-refractivity contribution in [3.8, 4) is 17.2 Å². The van der Waals surface area contributed by atoms with Crippen molar-refractivity contribution in [1.29, 1.82) is 0 Å². The molecule has 9 heteroatoms. The van der Waals surface area contributed by atoms with Crippen molar-refractivity contribution in [1.82, 2.24) is 9.78 Å². The van der Waals surface area contributed by atoms with Gasteiger partial charge in [-0.2, -0.15) is 5.10 Å². The predicted molar refractivity (Wildman–Crippen MR) is 136 cm³/mol. The van der Waals surface area contributed by atoms with E-state index < -0.39 is 10.8 Å². The van der Waals surface area contributed by atoms with Crippen LogP contribution in [-0.4, -0.2) is 20.6 Å². The van der Waals surface area contributed by atoms with Gasteiger partial charge in [0.2, 0.25) is 0 Å². The van der Waals surface area contributed by atoms with Crippen LogP contribution >= 0.6 is 0 Å². The number of aryl methyl sites for hydroxylation is 4. The minimum atomic E-state index is -0.539. The number of carbonyl (C=O) groups excluding carboxylic acids is 1. The lowest BCUT2D eigenvalue weighted by Gasteiger charge is -2.10. The molecule has 3 aromatic carbocycles. The van der Waals surface area contributed by atoms with Crippen LogP contribution < -0.4 is 14.8 Å². The van der Waals surface area contributed by atoms with Crippen LogP contribution in [0, 0.1) is 37.8 Å². The minimum absolute atomic E-state index is 0.126. The molecule has 0 fully saturated rings. The summed E-state index contributed by atoms with van der Waals surface area (Å²) in [5.74, 6) is 0.977. The molecule has 0 aliphatic heterocycles. The zero-order valence-electron chi connectivity index (χ0n) is 20.4. The van der Waals surface area contributed by atoms with Crippen LogP contribution in [0.4, 0.5) is 11.4 Å². The number of nitro benzene ring substituents is 1. The molecule has 1 heterocycles. The van der Waals surface area contributed by atoms with Crippen molar-refractivity contribution in [2.75, 3.05) is 5.32 Å². The number of benzene rings is 3. The van der Waals surface area contributed by atoms with E-state index >= 15 is 0 Å². The van der Waals surface area contributed by atoms with Gasteiger partial charge in [-0.15, -0.1) is 0 Å². The highest BCUT2D eigenvalue weighted by atomic mass is 16.6. The van der Waals surface area contributed by atoms with E-state index in [-0.39, 0.29) is 29.5 Å². The van der Waals surface area contributed by atoms with E-state index in [1.807, 2.05) is 58.0 Å². The smallest absolute Gasteiger partial charge is 0.276 e. The van der Waals surface area contributed by atoms with Gasteiger partial charge in [0, 0.05) is 18.3 Å². The lowest BCUT2D eigenvalue weighted by Crippen LogP contribution is -2.14. The Hall–Kier alpha value is -4.66. The van der Waals surface area contributed by atoms with Crippen LogP contribution in [0.2, 0.25) is 0 Å². The Kier molecular flexibility index (Phi) is 7.00. The second-order valence-corrected chi connectivity index (χ2v) is 8.69. The Labute approximate surface area is 208 Å². The minimum Gasteiger partial charge on any atom is -0.471 e. The highest BCUT2D eigenvalue weighted by molar-refractivity contribution is 6.03. The van der Waals surface area contributed by atoms with Crippen LogP contribution in [-0.2, 0) is 6.73 Å². The average molecular weight is 487 g/mol. The van der Waals surface area contributed by atoms with Gasteiger partial charge >= 0.3 is 0 Å². The number of carbonyl (C=O) groups is 1. The van der Waals surface area contributed by atoms with Crippen LogP contribution in [0.25, 0.3) is 0 Å². The third-order valence-corrected chi connectivity index (χ3v) is 5.22. The first-order valence-electron chi connectivity index (χ1n) is 11.3. The molecule has 0 saturated carbocycles. The van der Waals surface area contributed by atoms with Gasteiger partial charge in [-0.3, -0.25) is 14.9 Å². The quantitative estimate of drug-likeness (QED) is 0.238. The molecule has 4 rings (SSSR count). The van der Waals surface area contributed by atoms with Crippen LogP contribution in [0.1, 0.15) is 32.7 Å². The van der Waals surface area contributed by atoms with E-state index in [2.05, 4.69) is 16.5 Å². The van der Waals surface area contributed by atoms with Crippen molar-refractivity contribution in [2.24, 2.45) is 0 Å². The summed E-state index contributed by atoms with van der Waals surface area (Å²) in [5, 5.41) is 18.4. The first kappa shape index (κ1) is 24.5. The van der Waals surface area contributed by atoms with E-state index in [0.717, 1.165) is 22.3 Å². The molecule has 0 atom stereocenters. The van der Waals surface area contributed by atoms with Crippen molar-refractivity contribution >= 4 is 17.3 Å². The number of nitrogens with zero attached hydrogens (tertiary/aromatic N) is 3. The number of nitrogens with one attached hydrogen (secondary N) is 1. The standard InChI is InChI=1S/C27H26N4O5/c1-17-7-18(2)10-23(9-17)35-16-30-6-5-26(29-30)27(32)28-21-13-22(31(33)34)15-25(14-21)36-24-11-19(3)8-20(4)12-24/h5-15H,16H2,1-4H3,(H,28,32). The van der Waals surface area contributed by atoms with Crippen molar-refractivity contribution in [3.63, 3.8) is 0 Å². The molecule has 1 aromatic heterocycles. The second-order valence-electron chi connectivity index (χ2n) is 8.69. The molecule has 0 unspecified atom stereocenters. The maximum absolute atomic E-state index is 12.8. The number of rotatable bonds is 8.